The van der Waals surface area contributed by atoms with E-state index in [9.17, 15) is 8.78 Å². The normalized spacial score (nSPS) is 18.9. The molecule has 0 amide bonds. The maximum absolute atomic E-state index is 12.5. The summed E-state index contributed by atoms with van der Waals surface area (Å²) in [5.41, 5.74) is 0.819. The van der Waals surface area contributed by atoms with Gasteiger partial charge in [-0.2, -0.15) is 8.78 Å². The van der Waals surface area contributed by atoms with Crippen molar-refractivity contribution in [1.82, 2.24) is 10.2 Å². The summed E-state index contributed by atoms with van der Waals surface area (Å²) in [6.45, 7) is 1.42. The van der Waals surface area contributed by atoms with Gasteiger partial charge in [0.25, 0.3) is 0 Å². The van der Waals surface area contributed by atoms with Crippen LogP contribution >= 0.6 is 0 Å². The number of piperidine rings is 1. The molecular formula is C16H24F2N2O. The van der Waals surface area contributed by atoms with E-state index in [1.54, 1.807) is 12.1 Å². The lowest BCUT2D eigenvalue weighted by atomic mass is 9.99. The second kappa shape index (κ2) is 7.71. The number of alkyl halides is 2. The summed E-state index contributed by atoms with van der Waals surface area (Å²) >= 11 is 0. The molecule has 1 N–H and O–H groups in total. The number of likely N-dealkylation sites (tertiary alicyclic amines) is 1. The molecule has 1 fully saturated rings. The predicted octanol–water partition coefficient (Wildman–Crippen LogP) is 3.42. The molecule has 1 aromatic rings. The summed E-state index contributed by atoms with van der Waals surface area (Å²) in [4.78, 5) is 2.31. The van der Waals surface area contributed by atoms with Gasteiger partial charge in [-0.1, -0.05) is 25.1 Å². The van der Waals surface area contributed by atoms with Gasteiger partial charge in [0.15, 0.2) is 0 Å². The number of rotatable bonds is 6. The van der Waals surface area contributed by atoms with Gasteiger partial charge in [0.1, 0.15) is 5.75 Å². The Bertz CT molecular complexity index is 434. The van der Waals surface area contributed by atoms with E-state index in [2.05, 4.69) is 28.9 Å². The monoisotopic (exact) mass is 298 g/mol. The molecule has 5 heteroatoms. The number of para-hydroxylation sites is 1. The number of hydrogen-bond acceptors (Lipinski definition) is 3. The Labute approximate surface area is 125 Å². The van der Waals surface area contributed by atoms with E-state index in [0.29, 0.717) is 6.04 Å². The minimum atomic E-state index is -2.79. The molecule has 1 unspecified atom stereocenters. The molecule has 0 aromatic heterocycles. The van der Waals surface area contributed by atoms with E-state index in [1.165, 1.54) is 0 Å². The second-order valence-corrected chi connectivity index (χ2v) is 5.62. The molecule has 0 saturated carbocycles. The first-order valence-corrected chi connectivity index (χ1v) is 7.58. The highest BCUT2D eigenvalue weighted by atomic mass is 19.3. The van der Waals surface area contributed by atoms with Gasteiger partial charge in [-0.3, -0.25) is 0 Å². The smallest absolute Gasteiger partial charge is 0.387 e. The van der Waals surface area contributed by atoms with Crippen LogP contribution in [0.4, 0.5) is 8.78 Å². The molecule has 1 saturated heterocycles. The topological polar surface area (TPSA) is 24.5 Å². The van der Waals surface area contributed by atoms with E-state index in [-0.39, 0.29) is 11.8 Å². The van der Waals surface area contributed by atoms with E-state index < -0.39 is 6.61 Å². The molecule has 1 heterocycles. The molecule has 3 nitrogen and oxygen atoms in total. The molecule has 118 valence electrons. The lowest BCUT2D eigenvalue weighted by molar-refractivity contribution is -0.0507. The van der Waals surface area contributed by atoms with E-state index in [0.717, 1.165) is 37.9 Å². The van der Waals surface area contributed by atoms with Gasteiger partial charge in [0, 0.05) is 17.6 Å². The minimum absolute atomic E-state index is 0.0494. The van der Waals surface area contributed by atoms with Crippen molar-refractivity contribution < 1.29 is 13.5 Å². The molecule has 0 spiro atoms. The molecular weight excluding hydrogens is 274 g/mol. The van der Waals surface area contributed by atoms with Crippen LogP contribution in [0, 0.1) is 0 Å². The van der Waals surface area contributed by atoms with Gasteiger partial charge in [-0.25, -0.2) is 0 Å². The third-order valence-electron chi connectivity index (χ3n) is 4.07. The number of hydrogen-bond donors (Lipinski definition) is 1. The van der Waals surface area contributed by atoms with E-state index in [4.69, 9.17) is 0 Å². The van der Waals surface area contributed by atoms with Crippen LogP contribution in [-0.2, 0) is 0 Å². The number of halogens is 2. The molecule has 21 heavy (non-hydrogen) atoms. The summed E-state index contributed by atoms with van der Waals surface area (Å²) in [5.74, 6) is 0.278. The van der Waals surface area contributed by atoms with Crippen molar-refractivity contribution in [2.45, 2.75) is 44.9 Å². The van der Waals surface area contributed by atoms with Crippen molar-refractivity contribution in [2.24, 2.45) is 0 Å². The molecule has 0 aliphatic carbocycles. The second-order valence-electron chi connectivity index (χ2n) is 5.62. The van der Waals surface area contributed by atoms with Crippen molar-refractivity contribution in [3.05, 3.63) is 29.8 Å². The standard InChI is InChI=1S/C16H24F2N2O/c1-3-14(19-12-8-10-20(2)11-9-12)13-6-4-5-7-15(13)21-16(17)18/h4-7,12,14,16,19H,3,8-11H2,1-2H3. The van der Waals surface area contributed by atoms with Crippen LogP contribution in [0.15, 0.2) is 24.3 Å². The van der Waals surface area contributed by atoms with Crippen LogP contribution in [0.1, 0.15) is 37.8 Å². The van der Waals surface area contributed by atoms with Gasteiger partial charge in [-0.05, 0) is 45.5 Å². The van der Waals surface area contributed by atoms with Crippen LogP contribution in [0.25, 0.3) is 0 Å². The highest BCUT2D eigenvalue weighted by Crippen LogP contribution is 2.29. The molecule has 1 aliphatic rings. The van der Waals surface area contributed by atoms with Gasteiger partial charge in [-0.15, -0.1) is 0 Å². The SMILES string of the molecule is CCC(NC1CCN(C)CC1)c1ccccc1OC(F)F. The van der Waals surface area contributed by atoms with Crippen molar-refractivity contribution in [1.29, 1.82) is 0 Å². The molecule has 2 rings (SSSR count). The minimum Gasteiger partial charge on any atom is -0.434 e. The summed E-state index contributed by atoms with van der Waals surface area (Å²) in [6.07, 6.45) is 3.02. The van der Waals surface area contributed by atoms with E-state index in [1.807, 2.05) is 12.1 Å². The number of nitrogens with zero attached hydrogens (tertiary/aromatic N) is 1. The molecule has 1 aromatic carbocycles. The average molecular weight is 298 g/mol. The fourth-order valence-electron chi connectivity index (χ4n) is 2.86. The van der Waals surface area contributed by atoms with Crippen molar-refractivity contribution in [3.8, 4) is 5.75 Å². The zero-order chi connectivity index (χ0) is 15.2. The zero-order valence-electron chi connectivity index (χ0n) is 12.7. The first-order valence-electron chi connectivity index (χ1n) is 7.58. The first kappa shape index (κ1) is 16.2. The highest BCUT2D eigenvalue weighted by molar-refractivity contribution is 5.36. The van der Waals surface area contributed by atoms with Crippen LogP contribution in [-0.4, -0.2) is 37.7 Å². The number of ether oxygens (including phenoxy) is 1. The van der Waals surface area contributed by atoms with Gasteiger partial charge in [0.2, 0.25) is 0 Å². The van der Waals surface area contributed by atoms with Crippen molar-refractivity contribution in [2.75, 3.05) is 20.1 Å². The van der Waals surface area contributed by atoms with Crippen molar-refractivity contribution in [3.63, 3.8) is 0 Å². The Kier molecular flexibility index (Phi) is 5.94. The third-order valence-corrected chi connectivity index (χ3v) is 4.07. The Morgan fingerprint density at radius 3 is 2.57 bits per heavy atom. The van der Waals surface area contributed by atoms with Gasteiger partial charge in [0.05, 0.1) is 0 Å². The predicted molar refractivity (Wildman–Crippen MR) is 79.8 cm³/mol. The fraction of sp³-hybridized carbons (Fsp3) is 0.625. The van der Waals surface area contributed by atoms with Crippen LogP contribution in [0.2, 0.25) is 0 Å². The lowest BCUT2D eigenvalue weighted by Gasteiger charge is -2.33. The quantitative estimate of drug-likeness (QED) is 0.871. The van der Waals surface area contributed by atoms with E-state index >= 15 is 0 Å². The Balaban J connectivity index is 2.06. The molecule has 0 radical (unpaired) electrons. The molecule has 1 atom stereocenters. The summed E-state index contributed by atoms with van der Waals surface area (Å²) in [7, 11) is 2.12. The number of benzene rings is 1. The van der Waals surface area contributed by atoms with Crippen LogP contribution < -0.4 is 10.1 Å². The average Bonchev–Trinajstić information content (AvgIpc) is 2.47. The molecule has 1 aliphatic heterocycles. The summed E-state index contributed by atoms with van der Waals surface area (Å²) < 4.78 is 29.7. The largest absolute Gasteiger partial charge is 0.434 e. The fourth-order valence-corrected chi connectivity index (χ4v) is 2.86. The summed E-state index contributed by atoms with van der Waals surface area (Å²) in [6, 6.07) is 7.56. The van der Waals surface area contributed by atoms with Crippen molar-refractivity contribution >= 4 is 0 Å². The maximum atomic E-state index is 12.5. The Hall–Kier alpha value is -1.20. The maximum Gasteiger partial charge on any atom is 0.387 e. The first-order chi connectivity index (χ1) is 10.1. The third kappa shape index (κ3) is 4.64. The number of nitrogens with one attached hydrogen (secondary N) is 1. The Morgan fingerprint density at radius 2 is 1.95 bits per heavy atom. The van der Waals surface area contributed by atoms with Gasteiger partial charge < -0.3 is 15.0 Å². The Morgan fingerprint density at radius 1 is 1.29 bits per heavy atom. The lowest BCUT2D eigenvalue weighted by Crippen LogP contribution is -2.42. The zero-order valence-corrected chi connectivity index (χ0v) is 12.7. The highest BCUT2D eigenvalue weighted by Gasteiger charge is 2.22. The summed E-state index contributed by atoms with van der Waals surface area (Å²) in [5, 5.41) is 3.60. The van der Waals surface area contributed by atoms with Crippen LogP contribution in [0.3, 0.4) is 0 Å². The van der Waals surface area contributed by atoms with Crippen LogP contribution in [0.5, 0.6) is 5.75 Å². The van der Waals surface area contributed by atoms with Gasteiger partial charge >= 0.3 is 6.61 Å². The molecule has 0 bridgehead atoms.